The van der Waals surface area contributed by atoms with Crippen LogP contribution in [-0.2, 0) is 11.2 Å². The van der Waals surface area contributed by atoms with Crippen molar-refractivity contribution in [3.8, 4) is 0 Å². The average molecular weight is 286 g/mol. The van der Waals surface area contributed by atoms with Crippen LogP contribution in [0.25, 0.3) is 0 Å². The molecule has 0 fully saturated rings. The lowest BCUT2D eigenvalue weighted by Gasteiger charge is -2.06. The smallest absolute Gasteiger partial charge is 0.273 e. The molecule has 0 aliphatic rings. The second-order valence-electron chi connectivity index (χ2n) is 4.81. The number of rotatable bonds is 4. The van der Waals surface area contributed by atoms with Gasteiger partial charge >= 0.3 is 0 Å². The largest absolute Gasteiger partial charge is 0.466 e. The van der Waals surface area contributed by atoms with E-state index in [2.05, 4.69) is 10.9 Å². The van der Waals surface area contributed by atoms with E-state index in [0.717, 1.165) is 5.56 Å². The van der Waals surface area contributed by atoms with Crippen molar-refractivity contribution < 1.29 is 14.0 Å². The molecule has 1 heterocycles. The Balaban J connectivity index is 1.79. The van der Waals surface area contributed by atoms with Crippen molar-refractivity contribution in [3.63, 3.8) is 0 Å². The highest BCUT2D eigenvalue weighted by Crippen LogP contribution is 2.12. The lowest BCUT2D eigenvalue weighted by atomic mass is 10.1. The second-order valence-corrected chi connectivity index (χ2v) is 4.81. The molecule has 1 aromatic carbocycles. The normalized spacial score (nSPS) is 10.2. The number of hydrogen-bond acceptors (Lipinski definition) is 3. The maximum Gasteiger partial charge on any atom is 0.273 e. The summed E-state index contributed by atoms with van der Waals surface area (Å²) < 4.78 is 5.27. The number of carbonyl (C=O) groups excluding carboxylic acids is 2. The van der Waals surface area contributed by atoms with E-state index in [0.29, 0.717) is 29.9 Å². The van der Waals surface area contributed by atoms with E-state index in [1.54, 1.807) is 19.9 Å². The number of amides is 2. The maximum absolute atomic E-state index is 11.9. The van der Waals surface area contributed by atoms with E-state index < -0.39 is 0 Å². The first kappa shape index (κ1) is 14.8. The summed E-state index contributed by atoms with van der Waals surface area (Å²) in [5.74, 6) is 0.582. The molecule has 5 heteroatoms. The Bertz CT molecular complexity index is 632. The fourth-order valence-electron chi connectivity index (χ4n) is 2.02. The molecule has 21 heavy (non-hydrogen) atoms. The molecule has 2 aromatic rings. The van der Waals surface area contributed by atoms with Crippen LogP contribution in [0, 0.1) is 13.8 Å². The fourth-order valence-corrected chi connectivity index (χ4v) is 2.02. The third-order valence-corrected chi connectivity index (χ3v) is 3.08. The number of hydrazine groups is 1. The highest BCUT2D eigenvalue weighted by Gasteiger charge is 2.13. The zero-order chi connectivity index (χ0) is 15.2. The van der Waals surface area contributed by atoms with Crippen LogP contribution in [0.4, 0.5) is 0 Å². The van der Waals surface area contributed by atoms with Crippen LogP contribution in [0.15, 0.2) is 40.8 Å². The van der Waals surface area contributed by atoms with Gasteiger partial charge in [0.1, 0.15) is 11.5 Å². The molecule has 0 atom stereocenters. The van der Waals surface area contributed by atoms with Crippen LogP contribution in [0.3, 0.4) is 0 Å². The van der Waals surface area contributed by atoms with E-state index in [4.69, 9.17) is 4.42 Å². The minimum Gasteiger partial charge on any atom is -0.466 e. The Kier molecular flexibility index (Phi) is 4.77. The van der Waals surface area contributed by atoms with E-state index in [9.17, 15) is 9.59 Å². The maximum atomic E-state index is 11.9. The Morgan fingerprint density at radius 3 is 2.43 bits per heavy atom. The lowest BCUT2D eigenvalue weighted by molar-refractivity contribution is -0.121. The minimum absolute atomic E-state index is 0.231. The molecule has 0 bridgehead atoms. The molecule has 0 radical (unpaired) electrons. The van der Waals surface area contributed by atoms with Crippen molar-refractivity contribution in [1.29, 1.82) is 0 Å². The molecule has 0 spiro atoms. The topological polar surface area (TPSA) is 71.3 Å². The van der Waals surface area contributed by atoms with E-state index in [1.165, 1.54) is 0 Å². The third kappa shape index (κ3) is 4.21. The first-order valence-electron chi connectivity index (χ1n) is 6.76. The van der Waals surface area contributed by atoms with Gasteiger partial charge in [0, 0.05) is 6.42 Å². The predicted octanol–water partition coefficient (Wildman–Crippen LogP) is 2.29. The van der Waals surface area contributed by atoms with Gasteiger partial charge in [-0.3, -0.25) is 20.4 Å². The Morgan fingerprint density at radius 1 is 1.10 bits per heavy atom. The number of furan rings is 1. The van der Waals surface area contributed by atoms with Crippen LogP contribution in [0.2, 0.25) is 0 Å². The van der Waals surface area contributed by atoms with Crippen molar-refractivity contribution >= 4 is 11.8 Å². The van der Waals surface area contributed by atoms with Crippen LogP contribution in [-0.4, -0.2) is 11.8 Å². The van der Waals surface area contributed by atoms with Crippen LogP contribution >= 0.6 is 0 Å². The van der Waals surface area contributed by atoms with Crippen molar-refractivity contribution in [2.24, 2.45) is 0 Å². The average Bonchev–Trinajstić information content (AvgIpc) is 2.82. The van der Waals surface area contributed by atoms with Crippen molar-refractivity contribution in [3.05, 3.63) is 59.0 Å². The predicted molar refractivity (Wildman–Crippen MR) is 78.6 cm³/mol. The zero-order valence-corrected chi connectivity index (χ0v) is 12.1. The standard InChI is InChI=1S/C16H18N2O3/c1-11-10-14(12(2)21-11)16(20)18-17-15(19)9-8-13-6-4-3-5-7-13/h3-7,10H,8-9H2,1-2H3,(H,17,19)(H,18,20). The van der Waals surface area contributed by atoms with Gasteiger partial charge < -0.3 is 4.42 Å². The van der Waals surface area contributed by atoms with E-state index in [-0.39, 0.29) is 11.8 Å². The summed E-state index contributed by atoms with van der Waals surface area (Å²) in [5, 5.41) is 0. The number of benzene rings is 1. The molecule has 2 amide bonds. The van der Waals surface area contributed by atoms with Gasteiger partial charge in [-0.15, -0.1) is 0 Å². The summed E-state index contributed by atoms with van der Waals surface area (Å²) >= 11 is 0. The summed E-state index contributed by atoms with van der Waals surface area (Å²) in [6, 6.07) is 11.4. The van der Waals surface area contributed by atoms with Gasteiger partial charge in [0.15, 0.2) is 0 Å². The Hall–Kier alpha value is -2.56. The summed E-state index contributed by atoms with van der Waals surface area (Å²) in [6.45, 7) is 3.47. The van der Waals surface area contributed by atoms with Crippen LogP contribution < -0.4 is 10.9 Å². The minimum atomic E-state index is -0.377. The molecular formula is C16H18N2O3. The number of carbonyl (C=O) groups is 2. The van der Waals surface area contributed by atoms with Crippen LogP contribution in [0.1, 0.15) is 33.9 Å². The number of nitrogens with one attached hydrogen (secondary N) is 2. The highest BCUT2D eigenvalue weighted by molar-refractivity contribution is 5.96. The van der Waals surface area contributed by atoms with Gasteiger partial charge in [-0.05, 0) is 31.9 Å². The van der Waals surface area contributed by atoms with Gasteiger partial charge in [0.05, 0.1) is 5.56 Å². The quantitative estimate of drug-likeness (QED) is 0.847. The number of hydrogen-bond donors (Lipinski definition) is 2. The Labute approximate surface area is 123 Å². The summed E-state index contributed by atoms with van der Waals surface area (Å²) in [4.78, 5) is 23.6. The SMILES string of the molecule is Cc1cc(C(=O)NNC(=O)CCc2ccccc2)c(C)o1. The summed E-state index contributed by atoms with van der Waals surface area (Å²) in [5.41, 5.74) is 6.31. The van der Waals surface area contributed by atoms with Gasteiger partial charge in [0.2, 0.25) is 5.91 Å². The van der Waals surface area contributed by atoms with Gasteiger partial charge in [-0.1, -0.05) is 30.3 Å². The first-order chi connectivity index (χ1) is 10.1. The third-order valence-electron chi connectivity index (χ3n) is 3.08. The van der Waals surface area contributed by atoms with Gasteiger partial charge in [-0.2, -0.15) is 0 Å². The molecule has 0 unspecified atom stereocenters. The summed E-state index contributed by atoms with van der Waals surface area (Å²) in [7, 11) is 0. The molecule has 110 valence electrons. The fraction of sp³-hybridized carbons (Fsp3) is 0.250. The van der Waals surface area contributed by atoms with Gasteiger partial charge in [-0.25, -0.2) is 0 Å². The lowest BCUT2D eigenvalue weighted by Crippen LogP contribution is -2.41. The molecule has 0 aliphatic heterocycles. The monoisotopic (exact) mass is 286 g/mol. The second kappa shape index (κ2) is 6.74. The highest BCUT2D eigenvalue weighted by atomic mass is 16.3. The van der Waals surface area contributed by atoms with E-state index >= 15 is 0 Å². The van der Waals surface area contributed by atoms with E-state index in [1.807, 2.05) is 30.3 Å². The molecule has 0 saturated heterocycles. The summed E-state index contributed by atoms with van der Waals surface area (Å²) in [6.07, 6.45) is 0.945. The molecular weight excluding hydrogens is 268 g/mol. The first-order valence-corrected chi connectivity index (χ1v) is 6.76. The van der Waals surface area contributed by atoms with Gasteiger partial charge in [0.25, 0.3) is 5.91 Å². The van der Waals surface area contributed by atoms with Crippen molar-refractivity contribution in [1.82, 2.24) is 10.9 Å². The van der Waals surface area contributed by atoms with Crippen molar-refractivity contribution in [2.75, 3.05) is 0 Å². The van der Waals surface area contributed by atoms with Crippen molar-refractivity contribution in [2.45, 2.75) is 26.7 Å². The molecule has 0 aliphatic carbocycles. The number of aryl methyl sites for hydroxylation is 3. The zero-order valence-electron chi connectivity index (χ0n) is 12.1. The molecule has 5 nitrogen and oxygen atoms in total. The Morgan fingerprint density at radius 2 is 1.81 bits per heavy atom. The van der Waals surface area contributed by atoms with Crippen LogP contribution in [0.5, 0.6) is 0 Å². The molecule has 2 rings (SSSR count). The molecule has 1 aromatic heterocycles. The molecule has 2 N–H and O–H groups in total. The molecule has 0 saturated carbocycles.